The van der Waals surface area contributed by atoms with Crippen LogP contribution in [0.4, 0.5) is 4.39 Å². The highest BCUT2D eigenvalue weighted by Crippen LogP contribution is 2.34. The second-order valence-electron chi connectivity index (χ2n) is 3.56. The zero-order valence-corrected chi connectivity index (χ0v) is 10.6. The summed E-state index contributed by atoms with van der Waals surface area (Å²) in [6.45, 7) is 0. The number of hydrogen-bond donors (Lipinski definition) is 1. The predicted octanol–water partition coefficient (Wildman–Crippen LogP) is 2.10. The summed E-state index contributed by atoms with van der Waals surface area (Å²) in [7, 11) is -1.26. The van der Waals surface area contributed by atoms with Crippen LogP contribution in [0.5, 0.6) is 0 Å². The van der Waals surface area contributed by atoms with Gasteiger partial charge in [0.15, 0.2) is 5.00 Å². The highest BCUT2D eigenvalue weighted by Gasteiger charge is 2.27. The van der Waals surface area contributed by atoms with Gasteiger partial charge in [-0.2, -0.15) is 0 Å². The first-order valence-corrected chi connectivity index (χ1v) is 6.76. The molecule has 17 heavy (non-hydrogen) atoms. The molecule has 0 aliphatic carbocycles. The first-order valence-electron chi connectivity index (χ1n) is 4.82. The van der Waals surface area contributed by atoms with E-state index < -0.39 is 21.6 Å². The third kappa shape index (κ3) is 2.56. The summed E-state index contributed by atoms with van der Waals surface area (Å²) < 4.78 is 24.8. The molecule has 0 spiro atoms. The van der Waals surface area contributed by atoms with Crippen LogP contribution < -0.4 is 5.32 Å². The van der Waals surface area contributed by atoms with E-state index in [1.165, 1.54) is 24.7 Å². The van der Waals surface area contributed by atoms with Gasteiger partial charge in [0.25, 0.3) is 0 Å². The predicted molar refractivity (Wildman–Crippen MR) is 67.0 cm³/mol. The number of aliphatic imine (C=N–C) groups is 1. The lowest BCUT2D eigenvalue weighted by molar-refractivity contribution is 0.615. The third-order valence-corrected chi connectivity index (χ3v) is 3.68. The second-order valence-corrected chi connectivity index (χ2v) is 5.52. The van der Waals surface area contributed by atoms with Gasteiger partial charge in [0.1, 0.15) is 5.82 Å². The van der Waals surface area contributed by atoms with E-state index in [1.54, 1.807) is 18.3 Å². The minimum Gasteiger partial charge on any atom is -0.353 e. The van der Waals surface area contributed by atoms with E-state index in [-0.39, 0.29) is 0 Å². The summed E-state index contributed by atoms with van der Waals surface area (Å²) in [4.78, 5) is 3.30. The van der Waals surface area contributed by atoms with E-state index in [0.717, 1.165) is 0 Å². The lowest BCUT2D eigenvalue weighted by Gasteiger charge is -2.22. The Morgan fingerprint density at radius 1 is 1.47 bits per heavy atom. The van der Waals surface area contributed by atoms with Crippen molar-refractivity contribution in [2.24, 2.45) is 4.99 Å². The SMILES string of the molecule is CS(=O)c1cc(F)cc(C2(Cl)C=CNC=N2)c1. The Kier molecular flexibility index (Phi) is 3.31. The number of benzene rings is 1. The van der Waals surface area contributed by atoms with Crippen molar-refractivity contribution in [3.63, 3.8) is 0 Å². The van der Waals surface area contributed by atoms with Crippen LogP contribution in [-0.4, -0.2) is 16.8 Å². The van der Waals surface area contributed by atoms with Gasteiger partial charge in [-0.1, -0.05) is 11.6 Å². The highest BCUT2D eigenvalue weighted by molar-refractivity contribution is 7.84. The molecular formula is C11H10ClFN2OS. The molecule has 0 radical (unpaired) electrons. The molecule has 0 amide bonds. The minimum absolute atomic E-state index is 0.391. The maximum atomic E-state index is 13.4. The van der Waals surface area contributed by atoms with Crippen molar-refractivity contribution >= 4 is 28.7 Å². The average molecular weight is 273 g/mol. The molecular weight excluding hydrogens is 263 g/mol. The fourth-order valence-corrected chi connectivity index (χ4v) is 2.27. The van der Waals surface area contributed by atoms with Crippen molar-refractivity contribution in [3.05, 3.63) is 41.9 Å². The van der Waals surface area contributed by atoms with Crippen molar-refractivity contribution in [2.75, 3.05) is 6.26 Å². The number of nitrogens with zero attached hydrogens (tertiary/aromatic N) is 1. The first kappa shape index (κ1) is 12.3. The van der Waals surface area contributed by atoms with Crippen molar-refractivity contribution < 1.29 is 8.60 Å². The molecule has 1 N–H and O–H groups in total. The number of rotatable bonds is 2. The van der Waals surface area contributed by atoms with Crippen LogP contribution in [0.2, 0.25) is 0 Å². The Morgan fingerprint density at radius 2 is 2.24 bits per heavy atom. The number of halogens is 2. The lowest BCUT2D eigenvalue weighted by Crippen LogP contribution is -2.21. The molecule has 1 aromatic rings. The molecule has 1 aliphatic rings. The van der Waals surface area contributed by atoms with Crippen LogP contribution in [0, 0.1) is 5.82 Å². The maximum Gasteiger partial charge on any atom is 0.180 e. The van der Waals surface area contributed by atoms with Gasteiger partial charge in [-0.15, -0.1) is 0 Å². The van der Waals surface area contributed by atoms with Gasteiger partial charge < -0.3 is 5.32 Å². The molecule has 1 heterocycles. The van der Waals surface area contributed by atoms with Gasteiger partial charge >= 0.3 is 0 Å². The van der Waals surface area contributed by atoms with E-state index in [2.05, 4.69) is 10.3 Å². The molecule has 0 saturated heterocycles. The van der Waals surface area contributed by atoms with E-state index in [9.17, 15) is 8.60 Å². The molecule has 0 saturated carbocycles. The summed E-state index contributed by atoms with van der Waals surface area (Å²) >= 11 is 6.26. The van der Waals surface area contributed by atoms with E-state index in [4.69, 9.17) is 11.6 Å². The van der Waals surface area contributed by atoms with Gasteiger partial charge in [-0.25, -0.2) is 9.38 Å². The van der Waals surface area contributed by atoms with Gasteiger partial charge in [-0.3, -0.25) is 4.21 Å². The summed E-state index contributed by atoms with van der Waals surface area (Å²) in [6, 6.07) is 4.11. The Morgan fingerprint density at radius 3 is 2.82 bits per heavy atom. The van der Waals surface area contributed by atoms with Crippen LogP contribution in [0.15, 0.2) is 40.4 Å². The maximum absolute atomic E-state index is 13.4. The standard InChI is InChI=1S/C11H10ClFN2OS/c1-17(16)10-5-8(4-9(13)6-10)11(12)2-3-14-7-15-11/h2-7H,1H3,(H,14,15). The smallest absolute Gasteiger partial charge is 0.180 e. The quantitative estimate of drug-likeness (QED) is 0.662. The van der Waals surface area contributed by atoms with Gasteiger partial charge in [-0.05, 0) is 24.3 Å². The van der Waals surface area contributed by atoms with E-state index in [0.29, 0.717) is 10.5 Å². The van der Waals surface area contributed by atoms with Crippen molar-refractivity contribution in [1.82, 2.24) is 5.32 Å². The molecule has 0 aromatic heterocycles. The van der Waals surface area contributed by atoms with E-state index in [1.807, 2.05) is 0 Å². The summed E-state index contributed by atoms with van der Waals surface area (Å²) in [5, 5.41) is 2.75. The molecule has 90 valence electrons. The molecule has 2 rings (SSSR count). The Labute approximate surface area is 106 Å². The average Bonchev–Trinajstić information content (AvgIpc) is 2.29. The third-order valence-electron chi connectivity index (χ3n) is 2.34. The molecule has 3 nitrogen and oxygen atoms in total. The van der Waals surface area contributed by atoms with E-state index >= 15 is 0 Å². The molecule has 2 unspecified atom stereocenters. The van der Waals surface area contributed by atoms with Gasteiger partial charge in [0, 0.05) is 33.7 Å². The number of hydrogen-bond acceptors (Lipinski definition) is 3. The van der Waals surface area contributed by atoms with Gasteiger partial charge in [0.2, 0.25) is 0 Å². The zero-order chi connectivity index (χ0) is 12.5. The fraction of sp³-hybridized carbons (Fsp3) is 0.182. The monoisotopic (exact) mass is 272 g/mol. The summed E-state index contributed by atoms with van der Waals surface area (Å²) in [5.74, 6) is -0.477. The van der Waals surface area contributed by atoms with Crippen LogP contribution in [-0.2, 0) is 15.8 Å². The Hall–Kier alpha value is -1.20. The number of nitrogens with one attached hydrogen (secondary N) is 1. The van der Waals surface area contributed by atoms with Crippen LogP contribution in [0.3, 0.4) is 0 Å². The second kappa shape index (κ2) is 4.58. The van der Waals surface area contributed by atoms with Crippen LogP contribution >= 0.6 is 11.6 Å². The fourth-order valence-electron chi connectivity index (χ4n) is 1.48. The Bertz CT molecular complexity index is 518. The summed E-state index contributed by atoms with van der Waals surface area (Å²) in [5.41, 5.74) is 0.457. The molecule has 6 heteroatoms. The topological polar surface area (TPSA) is 41.5 Å². The summed E-state index contributed by atoms with van der Waals surface area (Å²) in [6.07, 6.45) is 6.14. The van der Waals surface area contributed by atoms with Crippen LogP contribution in [0.1, 0.15) is 5.56 Å². The minimum atomic E-state index is -1.26. The molecule has 1 aromatic carbocycles. The first-order chi connectivity index (χ1) is 8.01. The molecule has 1 aliphatic heterocycles. The largest absolute Gasteiger partial charge is 0.353 e. The van der Waals surface area contributed by atoms with Crippen LogP contribution in [0.25, 0.3) is 0 Å². The normalized spacial score (nSPS) is 24.4. The van der Waals surface area contributed by atoms with Crippen molar-refractivity contribution in [1.29, 1.82) is 0 Å². The van der Waals surface area contributed by atoms with Gasteiger partial charge in [0.05, 0.1) is 6.34 Å². The molecule has 0 bridgehead atoms. The highest BCUT2D eigenvalue weighted by atomic mass is 35.5. The van der Waals surface area contributed by atoms with Crippen molar-refractivity contribution in [2.45, 2.75) is 9.89 Å². The molecule has 0 fully saturated rings. The van der Waals surface area contributed by atoms with Crippen molar-refractivity contribution in [3.8, 4) is 0 Å². The lowest BCUT2D eigenvalue weighted by atomic mass is 10.1. The molecule has 2 atom stereocenters. The Balaban J connectivity index is 2.52. The number of alkyl halides is 1. The zero-order valence-electron chi connectivity index (χ0n) is 8.98.